The normalized spacial score (nSPS) is 12.0. The SMILES string of the molecule is Cn1cnc2c(-n3c4ccccc4c4ccc5c6ccccc6n(-c6ccccc6)c5c43)ncnc21. The summed E-state index contributed by atoms with van der Waals surface area (Å²) in [7, 11) is 1.96. The molecule has 0 fully saturated rings. The Balaban J connectivity index is 1.68. The highest BCUT2D eigenvalue weighted by atomic mass is 15.2. The molecule has 4 aromatic heterocycles. The van der Waals surface area contributed by atoms with Gasteiger partial charge in [-0.2, -0.15) is 0 Å². The van der Waals surface area contributed by atoms with Crippen LogP contribution >= 0.6 is 0 Å². The van der Waals surface area contributed by atoms with Gasteiger partial charge in [0, 0.05) is 34.3 Å². The Hall–Kier alpha value is -4.97. The van der Waals surface area contributed by atoms with Gasteiger partial charge in [0.1, 0.15) is 6.33 Å². The Morgan fingerprint density at radius 2 is 1.17 bits per heavy atom. The maximum atomic E-state index is 4.79. The number of para-hydroxylation sites is 3. The molecule has 0 spiro atoms. The zero-order chi connectivity index (χ0) is 23.8. The molecule has 0 aliphatic rings. The van der Waals surface area contributed by atoms with Gasteiger partial charge in [-0.3, -0.25) is 4.57 Å². The van der Waals surface area contributed by atoms with Crippen LogP contribution < -0.4 is 0 Å². The molecule has 8 rings (SSSR count). The third-order valence-corrected chi connectivity index (χ3v) is 7.17. The standard InChI is InChI=1S/C30H20N6/c1-34-18-33-26-29(34)31-17-32-30(26)36-25-14-8-6-12-21(25)23-16-15-22-20-11-5-7-13-24(20)35(27(22)28(23)36)19-9-3-2-4-10-19/h2-18H,1H3. The number of hydrogen-bond acceptors (Lipinski definition) is 3. The maximum Gasteiger partial charge on any atom is 0.169 e. The summed E-state index contributed by atoms with van der Waals surface area (Å²) in [4.78, 5) is 14.0. The van der Waals surface area contributed by atoms with Gasteiger partial charge in [0.05, 0.1) is 28.4 Å². The van der Waals surface area contributed by atoms with Crippen molar-refractivity contribution >= 4 is 54.8 Å². The summed E-state index contributed by atoms with van der Waals surface area (Å²) in [5.41, 5.74) is 7.24. The number of fused-ring (bicyclic) bond motifs is 8. The van der Waals surface area contributed by atoms with Gasteiger partial charge in [0.25, 0.3) is 0 Å². The molecule has 0 unspecified atom stereocenters. The Morgan fingerprint density at radius 1 is 0.556 bits per heavy atom. The highest BCUT2D eigenvalue weighted by Crippen LogP contribution is 2.41. The van der Waals surface area contributed by atoms with Crippen molar-refractivity contribution in [1.82, 2.24) is 28.7 Å². The van der Waals surface area contributed by atoms with Crippen LogP contribution in [0.2, 0.25) is 0 Å². The van der Waals surface area contributed by atoms with E-state index >= 15 is 0 Å². The number of aryl methyl sites for hydroxylation is 1. The molecule has 4 heterocycles. The lowest BCUT2D eigenvalue weighted by Gasteiger charge is -2.12. The van der Waals surface area contributed by atoms with Crippen molar-refractivity contribution in [3.05, 3.63) is 104 Å². The molecular weight excluding hydrogens is 444 g/mol. The van der Waals surface area contributed by atoms with Crippen molar-refractivity contribution in [2.75, 3.05) is 0 Å². The first-order valence-electron chi connectivity index (χ1n) is 11.9. The first-order valence-corrected chi connectivity index (χ1v) is 11.9. The van der Waals surface area contributed by atoms with E-state index in [0.29, 0.717) is 0 Å². The van der Waals surface area contributed by atoms with Crippen LogP contribution in [0, 0.1) is 0 Å². The number of imidazole rings is 1. The minimum absolute atomic E-state index is 0.780. The molecule has 0 aliphatic carbocycles. The van der Waals surface area contributed by atoms with E-state index in [1.165, 1.54) is 27.1 Å². The van der Waals surface area contributed by atoms with Crippen molar-refractivity contribution in [1.29, 1.82) is 0 Å². The first-order chi connectivity index (χ1) is 17.8. The molecule has 36 heavy (non-hydrogen) atoms. The zero-order valence-corrected chi connectivity index (χ0v) is 19.5. The number of benzene rings is 4. The minimum atomic E-state index is 0.780. The molecule has 170 valence electrons. The van der Waals surface area contributed by atoms with E-state index in [1.807, 2.05) is 11.6 Å². The summed E-state index contributed by atoms with van der Waals surface area (Å²) in [6, 6.07) is 32.2. The highest BCUT2D eigenvalue weighted by Gasteiger charge is 2.23. The van der Waals surface area contributed by atoms with Gasteiger partial charge in [-0.15, -0.1) is 0 Å². The lowest BCUT2D eigenvalue weighted by atomic mass is 10.1. The van der Waals surface area contributed by atoms with Crippen LogP contribution in [0.4, 0.5) is 0 Å². The third kappa shape index (κ3) is 2.42. The summed E-state index contributed by atoms with van der Waals surface area (Å²) in [6.07, 6.45) is 3.43. The van der Waals surface area contributed by atoms with Gasteiger partial charge >= 0.3 is 0 Å². The van der Waals surface area contributed by atoms with Crippen LogP contribution in [-0.2, 0) is 7.05 Å². The number of hydrogen-bond donors (Lipinski definition) is 0. The van der Waals surface area contributed by atoms with E-state index in [-0.39, 0.29) is 0 Å². The number of aromatic nitrogens is 6. The third-order valence-electron chi connectivity index (χ3n) is 7.17. The molecule has 0 bridgehead atoms. The summed E-state index contributed by atoms with van der Waals surface area (Å²) >= 11 is 0. The molecule has 0 atom stereocenters. The van der Waals surface area contributed by atoms with Gasteiger partial charge in [0.15, 0.2) is 17.0 Å². The summed E-state index contributed by atoms with van der Waals surface area (Å²) in [5, 5.41) is 4.79. The molecule has 6 heteroatoms. The second kappa shape index (κ2) is 7.02. The van der Waals surface area contributed by atoms with Crippen molar-refractivity contribution in [3.63, 3.8) is 0 Å². The van der Waals surface area contributed by atoms with Crippen LogP contribution in [0.1, 0.15) is 0 Å². The van der Waals surface area contributed by atoms with E-state index in [2.05, 4.69) is 105 Å². The van der Waals surface area contributed by atoms with Gasteiger partial charge < -0.3 is 9.13 Å². The van der Waals surface area contributed by atoms with Gasteiger partial charge in [-0.05, 0) is 24.3 Å². The van der Waals surface area contributed by atoms with Crippen LogP contribution in [-0.4, -0.2) is 28.7 Å². The Morgan fingerprint density at radius 3 is 1.89 bits per heavy atom. The molecular formula is C30H20N6. The molecule has 0 amide bonds. The van der Waals surface area contributed by atoms with Crippen molar-refractivity contribution in [2.45, 2.75) is 0 Å². The Kier molecular flexibility index (Phi) is 3.77. The topological polar surface area (TPSA) is 53.5 Å². The molecule has 0 saturated heterocycles. The van der Waals surface area contributed by atoms with Crippen LogP contribution in [0.5, 0.6) is 0 Å². The summed E-state index contributed by atoms with van der Waals surface area (Å²) in [5.74, 6) is 0.782. The first kappa shape index (κ1) is 19.3. The van der Waals surface area contributed by atoms with E-state index in [1.54, 1.807) is 12.7 Å². The fraction of sp³-hybridized carbons (Fsp3) is 0.0333. The van der Waals surface area contributed by atoms with E-state index < -0.39 is 0 Å². The Labute approximate surface area is 205 Å². The fourth-order valence-electron chi connectivity index (χ4n) is 5.66. The molecule has 0 aliphatic heterocycles. The molecule has 0 N–H and O–H groups in total. The minimum Gasteiger partial charge on any atom is -0.318 e. The molecule has 0 radical (unpaired) electrons. The van der Waals surface area contributed by atoms with E-state index in [0.717, 1.165) is 39.2 Å². The van der Waals surface area contributed by atoms with Crippen LogP contribution in [0.15, 0.2) is 104 Å². The summed E-state index contributed by atoms with van der Waals surface area (Å²) < 4.78 is 6.58. The number of nitrogens with zero attached hydrogens (tertiary/aromatic N) is 6. The van der Waals surface area contributed by atoms with Gasteiger partial charge in [-0.25, -0.2) is 15.0 Å². The predicted octanol–water partition coefficient (Wildman–Crippen LogP) is 6.56. The van der Waals surface area contributed by atoms with Crippen molar-refractivity contribution in [2.24, 2.45) is 7.05 Å². The second-order valence-electron chi connectivity index (χ2n) is 9.12. The average Bonchev–Trinajstić information content (AvgIpc) is 3.59. The molecule has 8 aromatic rings. The van der Waals surface area contributed by atoms with Gasteiger partial charge in [-0.1, -0.05) is 66.7 Å². The maximum absolute atomic E-state index is 4.79. The smallest absolute Gasteiger partial charge is 0.169 e. The lowest BCUT2D eigenvalue weighted by Crippen LogP contribution is -2.02. The fourth-order valence-corrected chi connectivity index (χ4v) is 5.66. The second-order valence-corrected chi connectivity index (χ2v) is 9.12. The lowest BCUT2D eigenvalue weighted by molar-refractivity contribution is 0.926. The monoisotopic (exact) mass is 464 g/mol. The van der Waals surface area contributed by atoms with E-state index in [9.17, 15) is 0 Å². The Bertz CT molecular complexity index is 2110. The average molecular weight is 465 g/mol. The summed E-state index contributed by atoms with van der Waals surface area (Å²) in [6.45, 7) is 0. The van der Waals surface area contributed by atoms with E-state index in [4.69, 9.17) is 9.97 Å². The highest BCUT2D eigenvalue weighted by molar-refractivity contribution is 6.24. The van der Waals surface area contributed by atoms with Crippen molar-refractivity contribution in [3.8, 4) is 11.5 Å². The van der Waals surface area contributed by atoms with Gasteiger partial charge in [0.2, 0.25) is 0 Å². The molecule has 4 aromatic carbocycles. The zero-order valence-electron chi connectivity index (χ0n) is 19.5. The quantitative estimate of drug-likeness (QED) is 0.291. The number of rotatable bonds is 2. The van der Waals surface area contributed by atoms with Crippen LogP contribution in [0.3, 0.4) is 0 Å². The van der Waals surface area contributed by atoms with Crippen LogP contribution in [0.25, 0.3) is 66.3 Å². The predicted molar refractivity (Wildman–Crippen MR) is 145 cm³/mol. The van der Waals surface area contributed by atoms with Crippen molar-refractivity contribution < 1.29 is 0 Å². The molecule has 6 nitrogen and oxygen atoms in total. The largest absolute Gasteiger partial charge is 0.318 e. The molecule has 0 saturated carbocycles.